The molecular formula is C18H16BrN3O2S. The molecule has 0 saturated heterocycles. The minimum atomic E-state index is -0.362. The summed E-state index contributed by atoms with van der Waals surface area (Å²) in [7, 11) is 0. The summed E-state index contributed by atoms with van der Waals surface area (Å²) in [5.41, 5.74) is 1.63. The fraction of sp³-hybridized carbons (Fsp3) is 0.167. The van der Waals surface area contributed by atoms with Gasteiger partial charge in [0, 0.05) is 10.2 Å². The van der Waals surface area contributed by atoms with Gasteiger partial charge in [0.2, 0.25) is 0 Å². The van der Waals surface area contributed by atoms with Gasteiger partial charge in [-0.2, -0.15) is 5.26 Å². The van der Waals surface area contributed by atoms with E-state index in [1.807, 2.05) is 19.1 Å². The fourth-order valence-corrected chi connectivity index (χ4v) is 2.55. The van der Waals surface area contributed by atoms with Crippen LogP contribution < -0.4 is 15.4 Å². The zero-order valence-corrected chi connectivity index (χ0v) is 15.9. The first-order valence-electron chi connectivity index (χ1n) is 7.58. The molecule has 7 heteroatoms. The number of carbonyl (C=O) groups excluding carboxylic acids is 1. The number of amides is 1. The zero-order valence-electron chi connectivity index (χ0n) is 13.5. The molecule has 128 valence electrons. The van der Waals surface area contributed by atoms with Crippen LogP contribution in [0.25, 0.3) is 0 Å². The van der Waals surface area contributed by atoms with E-state index in [-0.39, 0.29) is 11.0 Å². The average Bonchev–Trinajstić information content (AvgIpc) is 2.61. The first-order chi connectivity index (χ1) is 12.0. The normalized spacial score (nSPS) is 9.80. The van der Waals surface area contributed by atoms with Crippen molar-refractivity contribution in [2.75, 3.05) is 11.9 Å². The molecule has 5 nitrogen and oxygen atoms in total. The molecule has 2 aromatic carbocycles. The number of thiocarbonyl (C=S) groups is 1. The number of hydrogen-bond acceptors (Lipinski definition) is 4. The van der Waals surface area contributed by atoms with Gasteiger partial charge < -0.3 is 10.1 Å². The van der Waals surface area contributed by atoms with Crippen molar-refractivity contribution in [3.8, 4) is 11.8 Å². The lowest BCUT2D eigenvalue weighted by atomic mass is 10.2. The van der Waals surface area contributed by atoms with Gasteiger partial charge in [0.25, 0.3) is 5.91 Å². The van der Waals surface area contributed by atoms with Crippen LogP contribution in [0, 0.1) is 11.3 Å². The summed E-state index contributed by atoms with van der Waals surface area (Å²) in [4.78, 5) is 12.5. The summed E-state index contributed by atoms with van der Waals surface area (Å²) in [5.74, 6) is 0.141. The summed E-state index contributed by atoms with van der Waals surface area (Å²) in [5, 5.41) is 14.5. The predicted molar refractivity (Wildman–Crippen MR) is 105 cm³/mol. The molecule has 0 saturated carbocycles. The van der Waals surface area contributed by atoms with Crippen LogP contribution in [0.3, 0.4) is 0 Å². The Morgan fingerprint density at radius 1 is 1.28 bits per heavy atom. The summed E-state index contributed by atoms with van der Waals surface area (Å²) < 4.78 is 6.38. The Morgan fingerprint density at radius 2 is 2.00 bits per heavy atom. The van der Waals surface area contributed by atoms with E-state index >= 15 is 0 Å². The highest BCUT2D eigenvalue weighted by Crippen LogP contribution is 2.23. The molecule has 2 aromatic rings. The second-order valence-corrected chi connectivity index (χ2v) is 6.41. The summed E-state index contributed by atoms with van der Waals surface area (Å²) >= 11 is 8.53. The van der Waals surface area contributed by atoms with Crippen molar-refractivity contribution in [2.45, 2.75) is 13.3 Å². The zero-order chi connectivity index (χ0) is 18.2. The van der Waals surface area contributed by atoms with E-state index in [0.717, 1.165) is 10.9 Å². The molecule has 0 radical (unpaired) electrons. The number of ether oxygens (including phenoxy) is 1. The molecule has 0 bridgehead atoms. The molecule has 2 rings (SSSR count). The molecule has 0 unspecified atom stereocenters. The van der Waals surface area contributed by atoms with Gasteiger partial charge in [-0.1, -0.05) is 22.9 Å². The van der Waals surface area contributed by atoms with Crippen LogP contribution in [0.5, 0.6) is 5.75 Å². The first-order valence-corrected chi connectivity index (χ1v) is 8.78. The Morgan fingerprint density at radius 3 is 2.64 bits per heavy atom. The number of rotatable bonds is 5. The van der Waals surface area contributed by atoms with Crippen molar-refractivity contribution >= 4 is 44.9 Å². The number of nitriles is 1. The first kappa shape index (κ1) is 18.9. The van der Waals surface area contributed by atoms with Crippen molar-refractivity contribution in [2.24, 2.45) is 0 Å². The molecule has 2 N–H and O–H groups in total. The number of benzene rings is 2. The third kappa shape index (κ3) is 5.55. The van der Waals surface area contributed by atoms with Crippen LogP contribution in [-0.4, -0.2) is 17.6 Å². The smallest absolute Gasteiger partial charge is 0.261 e. The van der Waals surface area contributed by atoms with Gasteiger partial charge in [-0.05, 0) is 61.1 Å². The SMILES string of the molecule is CCCOc1ccc(Br)cc1C(=O)NC(=S)Nc1ccc(C#N)cc1. The molecule has 0 atom stereocenters. The second kappa shape index (κ2) is 9.16. The van der Waals surface area contributed by atoms with E-state index in [0.29, 0.717) is 29.2 Å². The third-order valence-electron chi connectivity index (χ3n) is 3.15. The number of hydrogen-bond donors (Lipinski definition) is 2. The Kier molecular flexibility index (Phi) is 6.92. The summed E-state index contributed by atoms with van der Waals surface area (Å²) in [6.45, 7) is 2.52. The Labute approximate surface area is 160 Å². The second-order valence-electron chi connectivity index (χ2n) is 5.09. The van der Waals surface area contributed by atoms with Crippen LogP contribution in [0.2, 0.25) is 0 Å². The lowest BCUT2D eigenvalue weighted by Crippen LogP contribution is -2.34. The average molecular weight is 418 g/mol. The molecule has 0 spiro atoms. The van der Waals surface area contributed by atoms with E-state index in [9.17, 15) is 4.79 Å². The van der Waals surface area contributed by atoms with Gasteiger partial charge >= 0.3 is 0 Å². The Hall–Kier alpha value is -2.43. The van der Waals surface area contributed by atoms with Crippen molar-refractivity contribution in [3.05, 3.63) is 58.1 Å². The van der Waals surface area contributed by atoms with E-state index < -0.39 is 0 Å². The predicted octanol–water partition coefficient (Wildman–Crippen LogP) is 4.24. The largest absolute Gasteiger partial charge is 0.493 e. The monoisotopic (exact) mass is 417 g/mol. The maximum atomic E-state index is 12.5. The van der Waals surface area contributed by atoms with Gasteiger partial charge in [-0.15, -0.1) is 0 Å². The number of carbonyl (C=O) groups is 1. The van der Waals surface area contributed by atoms with E-state index in [1.165, 1.54) is 0 Å². The number of halogens is 1. The summed E-state index contributed by atoms with van der Waals surface area (Å²) in [6.07, 6.45) is 0.843. The number of nitrogens with one attached hydrogen (secondary N) is 2. The standard InChI is InChI=1S/C18H16BrN3O2S/c1-2-9-24-16-8-5-13(19)10-15(16)17(23)22-18(25)21-14-6-3-12(11-20)4-7-14/h3-8,10H,2,9H2,1H3,(H2,21,22,23,25). The van der Waals surface area contributed by atoms with Gasteiger partial charge in [-0.3, -0.25) is 10.1 Å². The van der Waals surface area contributed by atoms with Crippen molar-refractivity contribution in [1.82, 2.24) is 5.32 Å². The quantitative estimate of drug-likeness (QED) is 0.711. The maximum Gasteiger partial charge on any atom is 0.261 e. The fourth-order valence-electron chi connectivity index (χ4n) is 1.98. The van der Waals surface area contributed by atoms with Gasteiger partial charge in [0.05, 0.1) is 23.8 Å². The molecular weight excluding hydrogens is 402 g/mol. The van der Waals surface area contributed by atoms with Gasteiger partial charge in [-0.25, -0.2) is 0 Å². The molecule has 0 heterocycles. The van der Waals surface area contributed by atoms with Gasteiger partial charge in [0.15, 0.2) is 5.11 Å². The molecule has 0 fully saturated rings. The third-order valence-corrected chi connectivity index (χ3v) is 3.84. The Bertz CT molecular complexity index is 816. The highest BCUT2D eigenvalue weighted by molar-refractivity contribution is 9.10. The van der Waals surface area contributed by atoms with Crippen LogP contribution in [0.1, 0.15) is 29.3 Å². The summed E-state index contributed by atoms with van der Waals surface area (Å²) in [6, 6.07) is 14.0. The molecule has 0 aliphatic heterocycles. The molecule has 0 aromatic heterocycles. The number of nitrogens with zero attached hydrogens (tertiary/aromatic N) is 1. The van der Waals surface area contributed by atoms with Crippen molar-refractivity contribution < 1.29 is 9.53 Å². The van der Waals surface area contributed by atoms with Crippen LogP contribution in [0.4, 0.5) is 5.69 Å². The molecule has 0 aliphatic rings. The van der Waals surface area contributed by atoms with Gasteiger partial charge in [0.1, 0.15) is 5.75 Å². The topological polar surface area (TPSA) is 74.2 Å². The van der Waals surface area contributed by atoms with Crippen molar-refractivity contribution in [1.29, 1.82) is 5.26 Å². The lowest BCUT2D eigenvalue weighted by molar-refractivity contribution is 0.0973. The van der Waals surface area contributed by atoms with E-state index in [1.54, 1.807) is 36.4 Å². The number of anilines is 1. The molecule has 25 heavy (non-hydrogen) atoms. The van der Waals surface area contributed by atoms with E-state index in [4.69, 9.17) is 22.2 Å². The minimum absolute atomic E-state index is 0.163. The Balaban J connectivity index is 2.06. The molecule has 0 aliphatic carbocycles. The molecule has 1 amide bonds. The maximum absolute atomic E-state index is 12.5. The van der Waals surface area contributed by atoms with E-state index in [2.05, 4.69) is 26.6 Å². The van der Waals surface area contributed by atoms with Crippen molar-refractivity contribution in [3.63, 3.8) is 0 Å². The highest BCUT2D eigenvalue weighted by Gasteiger charge is 2.15. The van der Waals surface area contributed by atoms with Crippen LogP contribution >= 0.6 is 28.1 Å². The highest BCUT2D eigenvalue weighted by atomic mass is 79.9. The van der Waals surface area contributed by atoms with Crippen LogP contribution in [-0.2, 0) is 0 Å². The van der Waals surface area contributed by atoms with Crippen LogP contribution in [0.15, 0.2) is 46.9 Å². The minimum Gasteiger partial charge on any atom is -0.493 e. The lowest BCUT2D eigenvalue weighted by Gasteiger charge is -2.13.